The van der Waals surface area contributed by atoms with Crippen LogP contribution in [-0.2, 0) is 9.59 Å². The fraction of sp³-hybridized carbons (Fsp3) is 0.179. The van der Waals surface area contributed by atoms with Crippen LogP contribution in [0.3, 0.4) is 0 Å². The molecule has 2 aromatic carbocycles. The van der Waals surface area contributed by atoms with Crippen LogP contribution in [0.1, 0.15) is 6.92 Å². The summed E-state index contributed by atoms with van der Waals surface area (Å²) in [5.41, 5.74) is 4.88. The normalized spacial score (nSPS) is 13.3. The molecule has 1 fully saturated rings. The average molecular weight is 494 g/mol. The molecule has 186 valence electrons. The van der Waals surface area contributed by atoms with Crippen molar-refractivity contribution in [3.63, 3.8) is 0 Å². The Morgan fingerprint density at radius 1 is 0.973 bits per heavy atom. The van der Waals surface area contributed by atoms with E-state index in [0.717, 1.165) is 54.0 Å². The Kier molecular flexibility index (Phi) is 6.76. The van der Waals surface area contributed by atoms with E-state index >= 15 is 0 Å². The summed E-state index contributed by atoms with van der Waals surface area (Å²) in [5, 5.41) is 6.94. The Hall–Kier alpha value is -4.79. The number of carbonyl (C=O) groups is 2. The molecule has 0 atom stereocenters. The van der Waals surface area contributed by atoms with Crippen molar-refractivity contribution in [2.75, 3.05) is 41.7 Å². The van der Waals surface area contributed by atoms with Gasteiger partial charge in [0.25, 0.3) is 0 Å². The smallest absolute Gasteiger partial charge is 0.247 e. The van der Waals surface area contributed by atoms with Crippen LogP contribution in [0.5, 0.6) is 0 Å². The molecular weight excluding hydrogens is 466 g/mol. The number of piperazine rings is 1. The van der Waals surface area contributed by atoms with E-state index in [1.165, 1.54) is 6.08 Å². The van der Waals surface area contributed by atoms with Gasteiger partial charge in [-0.15, -0.1) is 0 Å². The molecule has 0 aliphatic carbocycles. The van der Waals surface area contributed by atoms with E-state index < -0.39 is 0 Å². The molecule has 1 aliphatic rings. The molecule has 0 radical (unpaired) electrons. The standard InChI is InChI=1S/C28H27N7O2/c1-3-26(37)31-22-11-12-29-25(17-22)24-6-4-5-20-18-30-28(33-27(20)24)32-21-7-9-23(10-8-21)35-15-13-34(14-16-35)19(2)36/h3-12,17-18H,1,13-16H2,2H3,(H,29,31,37)(H,30,32,33). The first-order valence-electron chi connectivity index (χ1n) is 12.0. The highest BCUT2D eigenvalue weighted by molar-refractivity contribution is 5.99. The number of amides is 2. The summed E-state index contributed by atoms with van der Waals surface area (Å²) in [5.74, 6) is 0.313. The van der Waals surface area contributed by atoms with E-state index in [1.54, 1.807) is 31.5 Å². The van der Waals surface area contributed by atoms with Crippen LogP contribution in [0.2, 0.25) is 0 Å². The van der Waals surface area contributed by atoms with Gasteiger partial charge in [-0.3, -0.25) is 14.6 Å². The lowest BCUT2D eigenvalue weighted by Gasteiger charge is -2.35. The molecular formula is C28H27N7O2. The lowest BCUT2D eigenvalue weighted by Crippen LogP contribution is -2.48. The molecule has 0 spiro atoms. The van der Waals surface area contributed by atoms with Crippen molar-refractivity contribution in [2.45, 2.75) is 6.92 Å². The number of benzene rings is 2. The van der Waals surface area contributed by atoms with Crippen molar-refractivity contribution in [3.05, 3.63) is 79.6 Å². The minimum Gasteiger partial charge on any atom is -0.368 e. The summed E-state index contributed by atoms with van der Waals surface area (Å²) < 4.78 is 0. The largest absolute Gasteiger partial charge is 0.368 e. The van der Waals surface area contributed by atoms with E-state index in [4.69, 9.17) is 4.98 Å². The highest BCUT2D eigenvalue weighted by atomic mass is 16.2. The molecule has 0 unspecified atom stereocenters. The van der Waals surface area contributed by atoms with Gasteiger partial charge < -0.3 is 20.4 Å². The second kappa shape index (κ2) is 10.4. The average Bonchev–Trinajstić information content (AvgIpc) is 2.93. The topological polar surface area (TPSA) is 103 Å². The number of carbonyl (C=O) groups excluding carboxylic acids is 2. The quantitative estimate of drug-likeness (QED) is 0.388. The Labute approximate surface area is 214 Å². The number of pyridine rings is 1. The maximum absolute atomic E-state index is 11.7. The van der Waals surface area contributed by atoms with E-state index in [9.17, 15) is 9.59 Å². The van der Waals surface area contributed by atoms with Crippen LogP contribution in [0, 0.1) is 0 Å². The number of hydrogen-bond donors (Lipinski definition) is 2. The fourth-order valence-electron chi connectivity index (χ4n) is 4.34. The summed E-state index contributed by atoms with van der Waals surface area (Å²) >= 11 is 0. The number of para-hydroxylation sites is 1. The first kappa shape index (κ1) is 23.9. The Morgan fingerprint density at radius 2 is 1.76 bits per heavy atom. The predicted molar refractivity (Wildman–Crippen MR) is 146 cm³/mol. The van der Waals surface area contributed by atoms with Gasteiger partial charge in [-0.25, -0.2) is 9.97 Å². The minimum absolute atomic E-state index is 0.126. The molecule has 5 rings (SSSR count). The third-order valence-electron chi connectivity index (χ3n) is 6.31. The molecule has 0 bridgehead atoms. The van der Waals surface area contributed by atoms with Crippen LogP contribution in [0.25, 0.3) is 22.2 Å². The second-order valence-electron chi connectivity index (χ2n) is 8.73. The van der Waals surface area contributed by atoms with Gasteiger partial charge in [-0.2, -0.15) is 0 Å². The monoisotopic (exact) mass is 493 g/mol. The van der Waals surface area contributed by atoms with Crippen LogP contribution in [0.4, 0.5) is 23.0 Å². The molecule has 9 nitrogen and oxygen atoms in total. The van der Waals surface area contributed by atoms with E-state index in [-0.39, 0.29) is 11.8 Å². The predicted octanol–water partition coefficient (Wildman–Crippen LogP) is 4.23. The number of fused-ring (bicyclic) bond motifs is 1. The third kappa shape index (κ3) is 5.40. The van der Waals surface area contributed by atoms with E-state index in [1.807, 2.05) is 35.2 Å². The fourth-order valence-corrected chi connectivity index (χ4v) is 4.34. The van der Waals surface area contributed by atoms with Crippen LogP contribution < -0.4 is 15.5 Å². The first-order chi connectivity index (χ1) is 18.0. The summed E-state index contributed by atoms with van der Waals surface area (Å²) in [6.45, 7) is 8.21. The highest BCUT2D eigenvalue weighted by Crippen LogP contribution is 2.29. The lowest BCUT2D eigenvalue weighted by molar-refractivity contribution is -0.129. The Morgan fingerprint density at radius 3 is 2.49 bits per heavy atom. The summed E-state index contributed by atoms with van der Waals surface area (Å²) in [6.07, 6.45) is 4.65. The van der Waals surface area contributed by atoms with Gasteiger partial charge in [0.2, 0.25) is 17.8 Å². The molecule has 3 heterocycles. The van der Waals surface area contributed by atoms with Crippen molar-refractivity contribution >= 4 is 45.7 Å². The zero-order valence-corrected chi connectivity index (χ0v) is 20.5. The molecule has 4 aromatic rings. The lowest BCUT2D eigenvalue weighted by atomic mass is 10.1. The van der Waals surface area contributed by atoms with Gasteiger partial charge >= 0.3 is 0 Å². The zero-order chi connectivity index (χ0) is 25.8. The number of nitrogens with one attached hydrogen (secondary N) is 2. The maximum atomic E-state index is 11.7. The summed E-state index contributed by atoms with van der Waals surface area (Å²) in [7, 11) is 0. The molecule has 1 saturated heterocycles. The van der Waals surface area contributed by atoms with E-state index in [2.05, 4.69) is 44.2 Å². The van der Waals surface area contributed by atoms with Crippen LogP contribution in [-0.4, -0.2) is 57.8 Å². The summed E-state index contributed by atoms with van der Waals surface area (Å²) in [4.78, 5) is 41.2. The maximum Gasteiger partial charge on any atom is 0.247 e. The molecule has 2 amide bonds. The molecule has 2 aromatic heterocycles. The minimum atomic E-state index is -0.284. The van der Waals surface area contributed by atoms with Gasteiger partial charge in [0.15, 0.2) is 0 Å². The first-order valence-corrected chi connectivity index (χ1v) is 12.0. The van der Waals surface area contributed by atoms with Crippen molar-refractivity contribution < 1.29 is 9.59 Å². The molecule has 0 saturated carbocycles. The van der Waals surface area contributed by atoms with E-state index in [0.29, 0.717) is 17.3 Å². The Bertz CT molecular complexity index is 1460. The van der Waals surface area contributed by atoms with Crippen molar-refractivity contribution in [3.8, 4) is 11.3 Å². The van der Waals surface area contributed by atoms with Crippen molar-refractivity contribution in [1.29, 1.82) is 0 Å². The van der Waals surface area contributed by atoms with Gasteiger partial charge in [0.1, 0.15) is 0 Å². The third-order valence-corrected chi connectivity index (χ3v) is 6.31. The molecule has 37 heavy (non-hydrogen) atoms. The number of hydrogen-bond acceptors (Lipinski definition) is 7. The molecule has 9 heteroatoms. The number of nitrogens with zero attached hydrogens (tertiary/aromatic N) is 5. The SMILES string of the molecule is C=CC(=O)Nc1ccnc(-c2cccc3cnc(Nc4ccc(N5CCN(C(C)=O)CC5)cc4)nc23)c1. The number of rotatable bonds is 6. The molecule has 2 N–H and O–H groups in total. The number of anilines is 4. The van der Waals surface area contributed by atoms with Crippen molar-refractivity contribution in [1.82, 2.24) is 19.9 Å². The second-order valence-corrected chi connectivity index (χ2v) is 8.73. The van der Waals surface area contributed by atoms with Crippen LogP contribution in [0.15, 0.2) is 79.6 Å². The summed E-state index contributed by atoms with van der Waals surface area (Å²) in [6, 6.07) is 17.5. The van der Waals surface area contributed by atoms with Gasteiger partial charge in [0.05, 0.1) is 11.2 Å². The molecule has 1 aliphatic heterocycles. The van der Waals surface area contributed by atoms with Crippen LogP contribution >= 0.6 is 0 Å². The van der Waals surface area contributed by atoms with Gasteiger partial charge in [-0.1, -0.05) is 24.8 Å². The Balaban J connectivity index is 1.35. The highest BCUT2D eigenvalue weighted by Gasteiger charge is 2.18. The van der Waals surface area contributed by atoms with Gasteiger partial charge in [-0.05, 0) is 42.5 Å². The van der Waals surface area contributed by atoms with Gasteiger partial charge in [0, 0.05) is 73.5 Å². The van der Waals surface area contributed by atoms with Crippen molar-refractivity contribution in [2.24, 2.45) is 0 Å². The zero-order valence-electron chi connectivity index (χ0n) is 20.5. The number of aromatic nitrogens is 3.